The lowest BCUT2D eigenvalue weighted by atomic mass is 9.99. The average molecular weight is 404 g/mol. The Morgan fingerprint density at radius 1 is 1.21 bits per heavy atom. The maximum Gasteiger partial charge on any atom is 0.337 e. The van der Waals surface area contributed by atoms with E-state index in [1.807, 2.05) is 0 Å². The fourth-order valence-corrected chi connectivity index (χ4v) is 4.46. The first-order valence-corrected chi connectivity index (χ1v) is 10.6. The fourth-order valence-electron chi connectivity index (χ4n) is 3.38. The predicted octanol–water partition coefficient (Wildman–Crippen LogP) is 3.43. The normalized spacial score (nSPS) is 17.2. The molecule has 1 aliphatic heterocycles. The van der Waals surface area contributed by atoms with Gasteiger partial charge in [0.2, 0.25) is 0 Å². The molecule has 28 heavy (non-hydrogen) atoms. The number of methoxy groups -OCH3 is 1. The summed E-state index contributed by atoms with van der Waals surface area (Å²) in [5, 5.41) is 9.61. The monoisotopic (exact) mass is 404 g/mol. The van der Waals surface area contributed by atoms with Crippen LogP contribution in [0.1, 0.15) is 30.1 Å². The van der Waals surface area contributed by atoms with Crippen molar-refractivity contribution in [1.29, 1.82) is 0 Å². The molecule has 1 saturated heterocycles. The summed E-state index contributed by atoms with van der Waals surface area (Å²) in [6.45, 7) is 3.89. The zero-order valence-corrected chi connectivity index (χ0v) is 16.7. The maximum absolute atomic E-state index is 12.7. The minimum Gasteiger partial charge on any atom is -0.497 e. The molecule has 7 nitrogen and oxygen atoms in total. The number of aromatic carboxylic acids is 1. The summed E-state index contributed by atoms with van der Waals surface area (Å²) in [6.07, 6.45) is 2.21. The zero-order valence-electron chi connectivity index (χ0n) is 15.9. The number of anilines is 2. The molecule has 0 saturated carbocycles. The number of carboxylic acids is 1. The Morgan fingerprint density at radius 2 is 1.93 bits per heavy atom. The van der Waals surface area contributed by atoms with Crippen LogP contribution in [-0.4, -0.2) is 39.7 Å². The number of piperidine rings is 1. The summed E-state index contributed by atoms with van der Waals surface area (Å²) in [7, 11) is -2.43. The minimum atomic E-state index is -3.92. The van der Waals surface area contributed by atoms with Crippen LogP contribution < -0.4 is 14.4 Å². The molecule has 1 heterocycles. The standard InChI is InChI=1S/C20H24N2O5S/c1-14-4-3-11-22(13-14)15-5-10-19(18(12-15)20(23)24)21-28(25,26)17-8-6-16(27-2)7-9-17/h5-10,12,14,21H,3-4,11,13H2,1-2H3,(H,23,24)/t14-/m0/s1. The van der Waals surface area contributed by atoms with Crippen molar-refractivity contribution in [3.63, 3.8) is 0 Å². The Bertz CT molecular complexity index is 957. The minimum absolute atomic E-state index is 0.0265. The summed E-state index contributed by atoms with van der Waals surface area (Å²) in [6, 6.07) is 10.7. The molecule has 0 aromatic heterocycles. The van der Waals surface area contributed by atoms with E-state index in [4.69, 9.17) is 4.74 Å². The van der Waals surface area contributed by atoms with Gasteiger partial charge in [-0.1, -0.05) is 6.92 Å². The molecule has 150 valence electrons. The molecule has 3 rings (SSSR count). The number of sulfonamides is 1. The van der Waals surface area contributed by atoms with Gasteiger partial charge in [-0.25, -0.2) is 13.2 Å². The van der Waals surface area contributed by atoms with Gasteiger partial charge in [0.05, 0.1) is 23.3 Å². The number of ether oxygens (including phenoxy) is 1. The first kappa shape index (κ1) is 20.0. The highest BCUT2D eigenvalue weighted by Gasteiger charge is 2.22. The van der Waals surface area contributed by atoms with Gasteiger partial charge in [0, 0.05) is 18.8 Å². The third-order valence-corrected chi connectivity index (χ3v) is 6.25. The van der Waals surface area contributed by atoms with E-state index >= 15 is 0 Å². The molecule has 1 atom stereocenters. The van der Waals surface area contributed by atoms with E-state index < -0.39 is 16.0 Å². The van der Waals surface area contributed by atoms with Gasteiger partial charge in [0.15, 0.2) is 0 Å². The number of hydrogen-bond donors (Lipinski definition) is 2. The van der Waals surface area contributed by atoms with E-state index in [1.54, 1.807) is 6.07 Å². The Balaban J connectivity index is 1.89. The summed E-state index contributed by atoms with van der Waals surface area (Å²) >= 11 is 0. The number of carbonyl (C=O) groups is 1. The van der Waals surface area contributed by atoms with Crippen molar-refractivity contribution in [3.05, 3.63) is 48.0 Å². The summed E-state index contributed by atoms with van der Waals surface area (Å²) < 4.78 is 32.7. The third-order valence-electron chi connectivity index (χ3n) is 4.87. The highest BCUT2D eigenvalue weighted by molar-refractivity contribution is 7.92. The molecule has 0 bridgehead atoms. The van der Waals surface area contributed by atoms with E-state index in [0.717, 1.165) is 31.6 Å². The molecule has 0 radical (unpaired) electrons. The van der Waals surface area contributed by atoms with Crippen LogP contribution in [0.25, 0.3) is 0 Å². The van der Waals surface area contributed by atoms with Crippen LogP contribution in [0.2, 0.25) is 0 Å². The van der Waals surface area contributed by atoms with Crippen LogP contribution in [0.3, 0.4) is 0 Å². The number of rotatable bonds is 6. The third kappa shape index (κ3) is 4.39. The SMILES string of the molecule is COc1ccc(S(=O)(=O)Nc2ccc(N3CCC[C@H](C)C3)cc2C(=O)O)cc1. The van der Waals surface area contributed by atoms with Gasteiger partial charge in [-0.2, -0.15) is 0 Å². The largest absolute Gasteiger partial charge is 0.497 e. The number of carboxylic acid groups (broad SMARTS) is 1. The van der Waals surface area contributed by atoms with E-state index in [-0.39, 0.29) is 16.1 Å². The van der Waals surface area contributed by atoms with E-state index in [9.17, 15) is 18.3 Å². The highest BCUT2D eigenvalue weighted by atomic mass is 32.2. The van der Waals surface area contributed by atoms with Crippen LogP contribution >= 0.6 is 0 Å². The summed E-state index contributed by atoms with van der Waals surface area (Å²) in [4.78, 5) is 13.9. The lowest BCUT2D eigenvalue weighted by Gasteiger charge is -2.33. The second-order valence-corrected chi connectivity index (χ2v) is 8.69. The molecule has 2 aromatic carbocycles. The molecule has 0 spiro atoms. The Morgan fingerprint density at radius 3 is 2.54 bits per heavy atom. The summed E-state index contributed by atoms with van der Waals surface area (Å²) in [5.41, 5.74) is 0.751. The Hall–Kier alpha value is -2.74. The molecular weight excluding hydrogens is 380 g/mol. The lowest BCUT2D eigenvalue weighted by Crippen LogP contribution is -2.34. The van der Waals surface area contributed by atoms with Gasteiger partial charge >= 0.3 is 5.97 Å². The second kappa shape index (κ2) is 8.10. The smallest absolute Gasteiger partial charge is 0.337 e. The number of nitrogens with one attached hydrogen (secondary N) is 1. The molecule has 2 aromatic rings. The zero-order chi connectivity index (χ0) is 20.3. The van der Waals surface area contributed by atoms with Crippen LogP contribution in [0, 0.1) is 5.92 Å². The number of benzene rings is 2. The molecule has 1 fully saturated rings. The average Bonchev–Trinajstić information content (AvgIpc) is 2.68. The Kier molecular flexibility index (Phi) is 5.79. The number of hydrogen-bond acceptors (Lipinski definition) is 5. The van der Waals surface area contributed by atoms with E-state index in [0.29, 0.717) is 11.7 Å². The first-order chi connectivity index (χ1) is 13.3. The van der Waals surface area contributed by atoms with Gasteiger partial charge in [-0.3, -0.25) is 4.72 Å². The lowest BCUT2D eigenvalue weighted by molar-refractivity contribution is 0.0698. The van der Waals surface area contributed by atoms with Crippen LogP contribution in [0.15, 0.2) is 47.4 Å². The molecule has 8 heteroatoms. The Labute approximate surface area is 165 Å². The quantitative estimate of drug-likeness (QED) is 0.766. The topological polar surface area (TPSA) is 95.9 Å². The van der Waals surface area contributed by atoms with Crippen molar-refractivity contribution in [1.82, 2.24) is 0 Å². The molecule has 2 N–H and O–H groups in total. The van der Waals surface area contributed by atoms with Gasteiger partial charge in [-0.05, 0) is 61.2 Å². The van der Waals surface area contributed by atoms with Crippen molar-refractivity contribution in [3.8, 4) is 5.75 Å². The molecule has 0 amide bonds. The van der Waals surface area contributed by atoms with Crippen LogP contribution in [-0.2, 0) is 10.0 Å². The van der Waals surface area contributed by atoms with Gasteiger partial charge in [0.1, 0.15) is 5.75 Å². The van der Waals surface area contributed by atoms with Gasteiger partial charge < -0.3 is 14.7 Å². The van der Waals surface area contributed by atoms with E-state index in [2.05, 4.69) is 16.5 Å². The van der Waals surface area contributed by atoms with Crippen molar-refractivity contribution in [2.75, 3.05) is 29.8 Å². The maximum atomic E-state index is 12.7. The fraction of sp³-hybridized carbons (Fsp3) is 0.350. The molecular formula is C20H24N2O5S. The van der Waals surface area contributed by atoms with Crippen molar-refractivity contribution < 1.29 is 23.1 Å². The van der Waals surface area contributed by atoms with Crippen molar-refractivity contribution in [2.45, 2.75) is 24.7 Å². The van der Waals surface area contributed by atoms with Crippen molar-refractivity contribution in [2.24, 2.45) is 5.92 Å². The molecule has 0 aliphatic carbocycles. The van der Waals surface area contributed by atoms with Crippen LogP contribution in [0.5, 0.6) is 5.75 Å². The first-order valence-electron chi connectivity index (χ1n) is 9.09. The van der Waals surface area contributed by atoms with Crippen molar-refractivity contribution >= 4 is 27.4 Å². The molecule has 0 unspecified atom stereocenters. The van der Waals surface area contributed by atoms with Crippen LogP contribution in [0.4, 0.5) is 11.4 Å². The van der Waals surface area contributed by atoms with Gasteiger partial charge in [0.25, 0.3) is 10.0 Å². The van der Waals surface area contributed by atoms with E-state index in [1.165, 1.54) is 43.5 Å². The van der Waals surface area contributed by atoms with Gasteiger partial charge in [-0.15, -0.1) is 0 Å². The predicted molar refractivity (Wildman–Crippen MR) is 108 cm³/mol. The second-order valence-electron chi connectivity index (χ2n) is 7.01. The summed E-state index contributed by atoms with van der Waals surface area (Å²) in [5.74, 6) is -0.111. The molecule has 1 aliphatic rings. The highest BCUT2D eigenvalue weighted by Crippen LogP contribution is 2.29. The number of nitrogens with zero attached hydrogens (tertiary/aromatic N) is 1.